The highest BCUT2D eigenvalue weighted by Crippen LogP contribution is 2.29. The Kier molecular flexibility index (Phi) is 6.36. The van der Waals surface area contributed by atoms with Crippen LogP contribution in [0.15, 0.2) is 60.8 Å². The van der Waals surface area contributed by atoms with Gasteiger partial charge in [-0.3, -0.25) is 9.59 Å². The zero-order valence-corrected chi connectivity index (χ0v) is 18.4. The van der Waals surface area contributed by atoms with Crippen molar-refractivity contribution in [1.29, 1.82) is 5.26 Å². The lowest BCUT2D eigenvalue weighted by Crippen LogP contribution is -2.38. The molecule has 0 unspecified atom stereocenters. The van der Waals surface area contributed by atoms with E-state index in [9.17, 15) is 9.59 Å². The van der Waals surface area contributed by atoms with Gasteiger partial charge in [0.05, 0.1) is 17.2 Å². The van der Waals surface area contributed by atoms with Crippen LogP contribution in [0.5, 0.6) is 0 Å². The summed E-state index contributed by atoms with van der Waals surface area (Å²) in [4.78, 5) is 31.5. The Labute approximate surface area is 192 Å². The molecule has 1 fully saturated rings. The van der Waals surface area contributed by atoms with Crippen molar-refractivity contribution in [2.75, 3.05) is 24.1 Å². The van der Waals surface area contributed by atoms with Crippen molar-refractivity contribution in [3.8, 4) is 6.07 Å². The molecule has 3 N–H and O–H groups in total. The Balaban J connectivity index is 1.42. The van der Waals surface area contributed by atoms with Gasteiger partial charge in [0.25, 0.3) is 11.8 Å². The smallest absolute Gasteiger partial charge is 0.257 e. The van der Waals surface area contributed by atoms with E-state index in [0.717, 1.165) is 18.4 Å². The molecule has 2 aromatic carbocycles. The molecule has 1 saturated heterocycles. The fourth-order valence-electron chi connectivity index (χ4n) is 4.05. The molecule has 33 heavy (non-hydrogen) atoms. The number of nitriles is 1. The first-order chi connectivity index (χ1) is 15.9. The number of nitrogens with one attached hydrogen (secondary N) is 1. The number of nitrogen functional groups attached to an aromatic ring is 1. The van der Waals surface area contributed by atoms with Gasteiger partial charge >= 0.3 is 0 Å². The lowest BCUT2D eigenvalue weighted by atomic mass is 9.89. The van der Waals surface area contributed by atoms with Crippen LogP contribution in [0.3, 0.4) is 0 Å². The molecule has 1 aliphatic heterocycles. The van der Waals surface area contributed by atoms with Crippen molar-refractivity contribution in [2.45, 2.75) is 25.7 Å². The molecule has 0 spiro atoms. The standard InChI is InChI=1S/C26H25N5O2/c1-17-2-5-21(14-23(17)30-25(32)22-8-9-24(28)29-16-22)26(33)31-12-10-20(11-13-31)19-6-3-18(15-27)4-7-19/h2-9,14,16,20H,10-13H2,1H3,(H2,28,29)(H,30,32). The first kappa shape index (κ1) is 22.0. The number of piperidine rings is 1. The minimum Gasteiger partial charge on any atom is -0.384 e. The fourth-order valence-corrected chi connectivity index (χ4v) is 4.05. The fraction of sp³-hybridized carbons (Fsp3) is 0.231. The van der Waals surface area contributed by atoms with E-state index in [1.807, 2.05) is 42.2 Å². The van der Waals surface area contributed by atoms with Crippen LogP contribution in [-0.2, 0) is 0 Å². The van der Waals surface area contributed by atoms with E-state index >= 15 is 0 Å². The summed E-state index contributed by atoms with van der Waals surface area (Å²) < 4.78 is 0. The van der Waals surface area contributed by atoms with Gasteiger partial charge in [-0.05, 0) is 73.2 Å². The van der Waals surface area contributed by atoms with Crippen LogP contribution in [0.2, 0.25) is 0 Å². The van der Waals surface area contributed by atoms with E-state index < -0.39 is 0 Å². The largest absolute Gasteiger partial charge is 0.384 e. The molecule has 2 amide bonds. The SMILES string of the molecule is Cc1ccc(C(=O)N2CCC(c3ccc(C#N)cc3)CC2)cc1NC(=O)c1ccc(N)nc1. The second-order valence-electron chi connectivity index (χ2n) is 8.26. The molecule has 1 aromatic heterocycles. The number of amides is 2. The molecule has 0 saturated carbocycles. The quantitative estimate of drug-likeness (QED) is 0.635. The number of hydrogen-bond acceptors (Lipinski definition) is 5. The highest BCUT2D eigenvalue weighted by molar-refractivity contribution is 6.05. The summed E-state index contributed by atoms with van der Waals surface area (Å²) in [6.07, 6.45) is 3.17. The van der Waals surface area contributed by atoms with Crippen LogP contribution in [0.4, 0.5) is 11.5 Å². The number of benzene rings is 2. The summed E-state index contributed by atoms with van der Waals surface area (Å²) in [6.45, 7) is 3.21. The van der Waals surface area contributed by atoms with Crippen molar-refractivity contribution in [3.63, 3.8) is 0 Å². The maximum atomic E-state index is 13.1. The van der Waals surface area contributed by atoms with Gasteiger partial charge in [-0.2, -0.15) is 5.26 Å². The first-order valence-electron chi connectivity index (χ1n) is 10.9. The monoisotopic (exact) mass is 439 g/mol. The molecule has 166 valence electrons. The molecule has 3 aromatic rings. The lowest BCUT2D eigenvalue weighted by molar-refractivity contribution is 0.0712. The molecule has 0 bridgehead atoms. The number of likely N-dealkylation sites (tertiary alicyclic amines) is 1. The Morgan fingerprint density at radius 3 is 2.39 bits per heavy atom. The number of hydrogen-bond donors (Lipinski definition) is 2. The second kappa shape index (κ2) is 9.53. The normalized spacial score (nSPS) is 13.9. The van der Waals surface area contributed by atoms with Gasteiger partial charge in [-0.15, -0.1) is 0 Å². The number of carbonyl (C=O) groups excluding carboxylic acids is 2. The molecule has 1 aliphatic rings. The number of aryl methyl sites for hydroxylation is 1. The van der Waals surface area contributed by atoms with Crippen LogP contribution in [0.1, 0.15) is 56.2 Å². The maximum Gasteiger partial charge on any atom is 0.257 e. The summed E-state index contributed by atoms with van der Waals surface area (Å²) >= 11 is 0. The Morgan fingerprint density at radius 1 is 1.06 bits per heavy atom. The van der Waals surface area contributed by atoms with Crippen molar-refractivity contribution in [1.82, 2.24) is 9.88 Å². The molecule has 0 radical (unpaired) electrons. The van der Waals surface area contributed by atoms with Crippen LogP contribution < -0.4 is 11.1 Å². The van der Waals surface area contributed by atoms with Crippen LogP contribution >= 0.6 is 0 Å². The van der Waals surface area contributed by atoms with E-state index in [4.69, 9.17) is 11.0 Å². The van der Waals surface area contributed by atoms with Gasteiger partial charge in [-0.25, -0.2) is 4.98 Å². The average molecular weight is 440 g/mol. The van der Waals surface area contributed by atoms with E-state index in [1.165, 1.54) is 11.8 Å². The zero-order valence-electron chi connectivity index (χ0n) is 18.4. The Bertz CT molecular complexity index is 1200. The van der Waals surface area contributed by atoms with E-state index in [1.54, 1.807) is 24.3 Å². The predicted molar refractivity (Wildman–Crippen MR) is 127 cm³/mol. The third kappa shape index (κ3) is 5.01. The predicted octanol–water partition coefficient (Wildman–Crippen LogP) is 4.12. The van der Waals surface area contributed by atoms with Gasteiger partial charge in [-0.1, -0.05) is 18.2 Å². The van der Waals surface area contributed by atoms with Gasteiger partial charge in [0, 0.05) is 30.5 Å². The van der Waals surface area contributed by atoms with E-state index in [-0.39, 0.29) is 11.8 Å². The third-order valence-corrected chi connectivity index (χ3v) is 6.07. The van der Waals surface area contributed by atoms with Crippen LogP contribution in [0, 0.1) is 18.3 Å². The van der Waals surface area contributed by atoms with Crippen molar-refractivity contribution < 1.29 is 9.59 Å². The zero-order chi connectivity index (χ0) is 23.4. The number of anilines is 2. The molecular weight excluding hydrogens is 414 g/mol. The van der Waals surface area contributed by atoms with Crippen molar-refractivity contribution >= 4 is 23.3 Å². The topological polar surface area (TPSA) is 112 Å². The van der Waals surface area contributed by atoms with Crippen LogP contribution in [-0.4, -0.2) is 34.8 Å². The third-order valence-electron chi connectivity index (χ3n) is 6.07. The minimum absolute atomic E-state index is 0.0436. The lowest BCUT2D eigenvalue weighted by Gasteiger charge is -2.32. The number of aromatic nitrogens is 1. The first-order valence-corrected chi connectivity index (χ1v) is 10.9. The molecule has 4 rings (SSSR count). The molecule has 7 heteroatoms. The van der Waals surface area contributed by atoms with Crippen molar-refractivity contribution in [3.05, 3.63) is 88.6 Å². The number of nitrogens with two attached hydrogens (primary N) is 1. The Hall–Kier alpha value is -4.18. The highest BCUT2D eigenvalue weighted by atomic mass is 16.2. The van der Waals surface area contributed by atoms with Gasteiger partial charge in [0.1, 0.15) is 5.82 Å². The van der Waals surface area contributed by atoms with Gasteiger partial charge in [0.2, 0.25) is 0 Å². The molecule has 2 heterocycles. The number of carbonyl (C=O) groups is 2. The van der Waals surface area contributed by atoms with Crippen molar-refractivity contribution in [2.24, 2.45) is 0 Å². The van der Waals surface area contributed by atoms with E-state index in [0.29, 0.717) is 47.2 Å². The van der Waals surface area contributed by atoms with Gasteiger partial charge < -0.3 is 16.0 Å². The molecule has 0 atom stereocenters. The summed E-state index contributed by atoms with van der Waals surface area (Å²) in [5.41, 5.74) is 9.84. The second-order valence-corrected chi connectivity index (χ2v) is 8.26. The average Bonchev–Trinajstić information content (AvgIpc) is 2.85. The summed E-state index contributed by atoms with van der Waals surface area (Å²) in [5, 5.41) is 11.8. The number of pyridine rings is 1. The molecular formula is C26H25N5O2. The van der Waals surface area contributed by atoms with E-state index in [2.05, 4.69) is 16.4 Å². The maximum absolute atomic E-state index is 13.1. The summed E-state index contributed by atoms with van der Waals surface area (Å²) in [6, 6.07) is 18.4. The summed E-state index contributed by atoms with van der Waals surface area (Å²) in [5.74, 6) is 0.373. The molecule has 0 aliphatic carbocycles. The highest BCUT2D eigenvalue weighted by Gasteiger charge is 2.25. The number of rotatable bonds is 4. The molecule has 7 nitrogen and oxygen atoms in total. The van der Waals surface area contributed by atoms with Crippen LogP contribution in [0.25, 0.3) is 0 Å². The minimum atomic E-state index is -0.307. The summed E-state index contributed by atoms with van der Waals surface area (Å²) in [7, 11) is 0. The number of nitrogens with zero attached hydrogens (tertiary/aromatic N) is 3. The van der Waals surface area contributed by atoms with Gasteiger partial charge in [0.15, 0.2) is 0 Å². The Morgan fingerprint density at radius 2 is 1.76 bits per heavy atom.